The van der Waals surface area contributed by atoms with Gasteiger partial charge in [0.2, 0.25) is 0 Å². The third kappa shape index (κ3) is 3.48. The molecule has 3 rings (SSSR count). The molecule has 2 atom stereocenters. The Morgan fingerprint density at radius 3 is 2.73 bits per heavy atom. The van der Waals surface area contributed by atoms with Crippen LogP contribution in [0, 0.1) is 13.8 Å². The maximum absolute atomic E-state index is 5.69. The molecular formula is C20H28N4OS. The second kappa shape index (κ2) is 8.18. The average Bonchev–Trinajstić information content (AvgIpc) is 3.12. The number of thiocarbonyl (C=S) groups is 1. The highest BCUT2D eigenvalue weighted by Gasteiger charge is 2.40. The highest BCUT2D eigenvalue weighted by atomic mass is 32.1. The Balaban J connectivity index is 2.02. The highest BCUT2D eigenvalue weighted by molar-refractivity contribution is 7.80. The van der Waals surface area contributed by atoms with E-state index in [4.69, 9.17) is 17.0 Å². The molecule has 1 aliphatic rings. The Hall–Kier alpha value is -1.92. The summed E-state index contributed by atoms with van der Waals surface area (Å²) >= 11 is 5.69. The number of methoxy groups -OCH3 is 1. The molecule has 2 aromatic rings. The highest BCUT2D eigenvalue weighted by Crippen LogP contribution is 2.40. The normalized spacial score (nSPS) is 19.8. The van der Waals surface area contributed by atoms with Gasteiger partial charge in [0.1, 0.15) is 0 Å². The smallest absolute Gasteiger partial charge is 0.170 e. The minimum absolute atomic E-state index is 0.0528. The number of nitrogens with one attached hydrogen (secondary N) is 1. The lowest BCUT2D eigenvalue weighted by Gasteiger charge is -2.28. The molecule has 1 fully saturated rings. The van der Waals surface area contributed by atoms with Crippen molar-refractivity contribution in [2.75, 3.05) is 20.3 Å². The van der Waals surface area contributed by atoms with Crippen molar-refractivity contribution in [3.8, 4) is 0 Å². The van der Waals surface area contributed by atoms with Gasteiger partial charge in [0, 0.05) is 44.4 Å². The van der Waals surface area contributed by atoms with E-state index in [-0.39, 0.29) is 12.1 Å². The Kier molecular flexibility index (Phi) is 5.94. The van der Waals surface area contributed by atoms with Crippen molar-refractivity contribution < 1.29 is 4.74 Å². The lowest BCUT2D eigenvalue weighted by Crippen LogP contribution is -2.31. The molecule has 0 unspecified atom stereocenters. The van der Waals surface area contributed by atoms with Crippen LogP contribution in [0.5, 0.6) is 0 Å². The number of hydrogen-bond donors (Lipinski definition) is 1. The molecule has 26 heavy (non-hydrogen) atoms. The van der Waals surface area contributed by atoms with Gasteiger partial charge < -0.3 is 19.5 Å². The maximum atomic E-state index is 5.69. The predicted octanol–water partition coefficient (Wildman–Crippen LogP) is 3.53. The summed E-state index contributed by atoms with van der Waals surface area (Å²) in [5.74, 6) is 0. The zero-order chi connectivity index (χ0) is 18.7. The molecule has 5 nitrogen and oxygen atoms in total. The van der Waals surface area contributed by atoms with Crippen molar-refractivity contribution in [1.29, 1.82) is 0 Å². The van der Waals surface area contributed by atoms with E-state index in [0.29, 0.717) is 0 Å². The van der Waals surface area contributed by atoms with E-state index in [1.807, 2.05) is 18.3 Å². The van der Waals surface area contributed by atoms with Crippen molar-refractivity contribution in [3.63, 3.8) is 0 Å². The molecule has 0 amide bonds. The van der Waals surface area contributed by atoms with Crippen LogP contribution >= 0.6 is 12.2 Å². The van der Waals surface area contributed by atoms with Crippen LogP contribution in [0.4, 0.5) is 0 Å². The first-order valence-corrected chi connectivity index (χ1v) is 9.63. The van der Waals surface area contributed by atoms with Crippen LogP contribution in [0.15, 0.2) is 30.5 Å². The molecular weight excluding hydrogens is 344 g/mol. The largest absolute Gasteiger partial charge is 0.385 e. The number of pyridine rings is 1. The van der Waals surface area contributed by atoms with Gasteiger partial charge in [0.25, 0.3) is 0 Å². The summed E-state index contributed by atoms with van der Waals surface area (Å²) in [4.78, 5) is 6.90. The van der Waals surface area contributed by atoms with Gasteiger partial charge in [-0.05, 0) is 63.2 Å². The van der Waals surface area contributed by atoms with Crippen molar-refractivity contribution in [3.05, 3.63) is 53.1 Å². The topological polar surface area (TPSA) is 42.3 Å². The van der Waals surface area contributed by atoms with E-state index in [9.17, 15) is 0 Å². The average molecular weight is 373 g/mol. The van der Waals surface area contributed by atoms with E-state index < -0.39 is 0 Å². The summed E-state index contributed by atoms with van der Waals surface area (Å²) in [6.45, 7) is 9.13. The van der Waals surface area contributed by atoms with Gasteiger partial charge in [-0.25, -0.2) is 0 Å². The van der Waals surface area contributed by atoms with Crippen LogP contribution in [0.3, 0.4) is 0 Å². The van der Waals surface area contributed by atoms with E-state index in [1.165, 1.54) is 17.0 Å². The summed E-state index contributed by atoms with van der Waals surface area (Å²) in [6, 6.07) is 8.55. The maximum Gasteiger partial charge on any atom is 0.170 e. The van der Waals surface area contributed by atoms with Crippen LogP contribution in [-0.2, 0) is 11.3 Å². The molecule has 0 aromatic carbocycles. The first-order chi connectivity index (χ1) is 12.6. The van der Waals surface area contributed by atoms with Gasteiger partial charge in [0.05, 0.1) is 17.8 Å². The van der Waals surface area contributed by atoms with Crippen LogP contribution < -0.4 is 5.32 Å². The molecule has 140 valence electrons. The van der Waals surface area contributed by atoms with Crippen molar-refractivity contribution in [2.45, 2.75) is 45.8 Å². The number of ether oxygens (including phenoxy) is 1. The molecule has 1 aliphatic heterocycles. The monoisotopic (exact) mass is 372 g/mol. The second-order valence-corrected chi connectivity index (χ2v) is 7.12. The van der Waals surface area contributed by atoms with E-state index in [1.54, 1.807) is 7.11 Å². The van der Waals surface area contributed by atoms with Crippen molar-refractivity contribution in [2.24, 2.45) is 0 Å². The molecule has 3 heterocycles. The molecule has 6 heteroatoms. The first-order valence-electron chi connectivity index (χ1n) is 9.22. The van der Waals surface area contributed by atoms with Gasteiger partial charge in [0.15, 0.2) is 5.11 Å². The number of nitrogens with zero attached hydrogens (tertiary/aromatic N) is 3. The van der Waals surface area contributed by atoms with Gasteiger partial charge in [-0.1, -0.05) is 6.07 Å². The summed E-state index contributed by atoms with van der Waals surface area (Å²) in [7, 11) is 1.74. The Morgan fingerprint density at radius 2 is 2.12 bits per heavy atom. The molecule has 2 aromatic heterocycles. The summed E-state index contributed by atoms with van der Waals surface area (Å²) in [5, 5.41) is 4.31. The van der Waals surface area contributed by atoms with Crippen LogP contribution in [0.2, 0.25) is 0 Å². The molecule has 0 aliphatic carbocycles. The summed E-state index contributed by atoms with van der Waals surface area (Å²) in [6.07, 6.45) is 2.79. The Morgan fingerprint density at radius 1 is 1.31 bits per heavy atom. The molecule has 0 saturated carbocycles. The zero-order valence-electron chi connectivity index (χ0n) is 16.0. The zero-order valence-corrected chi connectivity index (χ0v) is 16.8. The fourth-order valence-corrected chi connectivity index (χ4v) is 4.31. The first kappa shape index (κ1) is 18.9. The van der Waals surface area contributed by atoms with Gasteiger partial charge >= 0.3 is 0 Å². The number of hydrogen-bond acceptors (Lipinski definition) is 3. The molecule has 0 spiro atoms. The van der Waals surface area contributed by atoms with Crippen LogP contribution in [-0.4, -0.2) is 39.8 Å². The van der Waals surface area contributed by atoms with E-state index >= 15 is 0 Å². The number of aromatic nitrogens is 2. The van der Waals surface area contributed by atoms with Crippen LogP contribution in [0.25, 0.3) is 0 Å². The number of aryl methyl sites for hydroxylation is 1. The SMILES string of the molecule is CCn1c(C)cc([C@H]2[C@@H](c3ccccn3)NC(=S)N2CCCOC)c1C. The predicted molar refractivity (Wildman–Crippen MR) is 108 cm³/mol. The lowest BCUT2D eigenvalue weighted by atomic mass is 9.96. The quantitative estimate of drug-likeness (QED) is 0.595. The van der Waals surface area contributed by atoms with Gasteiger partial charge in [-0.3, -0.25) is 4.98 Å². The summed E-state index contributed by atoms with van der Waals surface area (Å²) in [5.41, 5.74) is 4.94. The number of rotatable bonds is 7. The van der Waals surface area contributed by atoms with Gasteiger partial charge in [-0.2, -0.15) is 0 Å². The minimum atomic E-state index is 0.0528. The standard InChI is InChI=1S/C20H28N4OS/c1-5-23-14(2)13-16(15(23)3)19-18(17-9-6-7-10-21-17)22-20(26)24(19)11-8-12-25-4/h6-7,9-10,13,18-19H,5,8,11-12H2,1-4H3,(H,22,26)/t18-,19+/m1/s1. The molecule has 0 bridgehead atoms. The third-order valence-corrected chi connectivity index (χ3v) is 5.55. The van der Waals surface area contributed by atoms with Crippen molar-refractivity contribution >= 4 is 17.3 Å². The summed E-state index contributed by atoms with van der Waals surface area (Å²) < 4.78 is 7.61. The van der Waals surface area contributed by atoms with E-state index in [2.05, 4.69) is 52.7 Å². The molecule has 1 saturated heterocycles. The minimum Gasteiger partial charge on any atom is -0.385 e. The van der Waals surface area contributed by atoms with E-state index in [0.717, 1.165) is 36.9 Å². The van der Waals surface area contributed by atoms with Crippen LogP contribution in [0.1, 0.15) is 48.1 Å². The van der Waals surface area contributed by atoms with Crippen molar-refractivity contribution in [1.82, 2.24) is 19.8 Å². The molecule has 0 radical (unpaired) electrons. The third-order valence-electron chi connectivity index (χ3n) is 5.19. The van der Waals surface area contributed by atoms with Gasteiger partial charge in [-0.15, -0.1) is 0 Å². The molecule has 1 N–H and O–H groups in total. The lowest BCUT2D eigenvalue weighted by molar-refractivity contribution is 0.180. The fourth-order valence-electron chi connectivity index (χ4n) is 3.98. The fraction of sp³-hybridized carbons (Fsp3) is 0.500. The second-order valence-electron chi connectivity index (χ2n) is 6.74. The Labute approximate surface area is 161 Å². The Bertz CT molecular complexity index is 759.